The summed E-state index contributed by atoms with van der Waals surface area (Å²) in [5, 5.41) is 0. The van der Waals surface area contributed by atoms with E-state index in [1.54, 1.807) is 43.0 Å². The molecular weight excluding hydrogens is 641 g/mol. The molecule has 0 unspecified atom stereocenters. The third-order valence-electron chi connectivity index (χ3n) is 7.15. The van der Waals surface area contributed by atoms with Crippen molar-refractivity contribution in [2.24, 2.45) is 0 Å². The molecule has 0 aromatic heterocycles. The number of hydrogen-bond donors (Lipinski definition) is 0. The molecule has 0 radical (unpaired) electrons. The molecule has 2 aliphatic rings. The first kappa shape index (κ1) is 61.2. The summed E-state index contributed by atoms with van der Waals surface area (Å²) in [6, 6.07) is 17.6. The average molecular weight is 729 g/mol. The summed E-state index contributed by atoms with van der Waals surface area (Å²) >= 11 is 0. The fourth-order valence-corrected chi connectivity index (χ4v) is 4.51. The molecule has 4 heteroatoms. The van der Waals surface area contributed by atoms with Gasteiger partial charge in [0.15, 0.2) is 0 Å². The highest BCUT2D eigenvalue weighted by molar-refractivity contribution is 5.77. The van der Waals surface area contributed by atoms with E-state index in [9.17, 15) is 19.2 Å². The second kappa shape index (κ2) is 52.5. The van der Waals surface area contributed by atoms with E-state index in [-0.39, 0.29) is 17.3 Å². The Labute approximate surface area is 325 Å². The maximum Gasteiger partial charge on any atom is 0.132 e. The van der Waals surface area contributed by atoms with Crippen molar-refractivity contribution in [3.8, 4) is 0 Å². The minimum Gasteiger partial charge on any atom is -0.300 e. The van der Waals surface area contributed by atoms with Gasteiger partial charge >= 0.3 is 0 Å². The fraction of sp³-hybridized carbons (Fsp3) is 0.667. The second-order valence-electron chi connectivity index (χ2n) is 11.6. The van der Waals surface area contributed by atoms with E-state index in [1.165, 1.54) is 51.4 Å². The number of benzene rings is 2. The summed E-state index contributed by atoms with van der Waals surface area (Å²) in [7, 11) is 0. The van der Waals surface area contributed by atoms with Gasteiger partial charge in [-0.2, -0.15) is 0 Å². The summed E-state index contributed by atoms with van der Waals surface area (Å²) in [4.78, 5) is 40.3. The summed E-state index contributed by atoms with van der Waals surface area (Å²) in [6.45, 7) is 30.6. The van der Waals surface area contributed by atoms with E-state index in [2.05, 4.69) is 48.5 Å². The molecule has 0 heterocycles. The van der Waals surface area contributed by atoms with Crippen LogP contribution < -0.4 is 0 Å². The van der Waals surface area contributed by atoms with Crippen LogP contribution in [0, 0.1) is 0 Å². The van der Waals surface area contributed by atoms with Gasteiger partial charge in [0.2, 0.25) is 0 Å². The van der Waals surface area contributed by atoms with E-state index >= 15 is 0 Å². The van der Waals surface area contributed by atoms with E-state index < -0.39 is 0 Å². The number of carbonyl (C=O) groups excluding carboxylic acids is 4. The van der Waals surface area contributed by atoms with E-state index in [0.717, 1.165) is 38.5 Å². The molecule has 0 fully saturated rings. The van der Waals surface area contributed by atoms with E-state index in [1.807, 2.05) is 90.0 Å². The number of hydrogen-bond acceptors (Lipinski definition) is 4. The Morgan fingerprint density at radius 2 is 0.635 bits per heavy atom. The van der Waals surface area contributed by atoms with Gasteiger partial charge in [0.05, 0.1) is 0 Å². The third kappa shape index (κ3) is 47.1. The lowest BCUT2D eigenvalue weighted by Crippen LogP contribution is -2.00. The lowest BCUT2D eigenvalue weighted by molar-refractivity contribution is -0.119. The van der Waals surface area contributed by atoms with Crippen molar-refractivity contribution in [3.05, 3.63) is 70.8 Å². The Kier molecular flexibility index (Phi) is 61.7. The molecule has 0 amide bonds. The molecule has 0 saturated carbocycles. The Hall–Kier alpha value is -2.88. The molecule has 52 heavy (non-hydrogen) atoms. The first-order valence-electron chi connectivity index (χ1n) is 21.2. The summed E-state index contributed by atoms with van der Waals surface area (Å²) in [5.41, 5.74) is 6.31. The number of carbonyl (C=O) groups is 4. The molecule has 0 saturated heterocycles. The fourth-order valence-electron chi connectivity index (χ4n) is 4.51. The van der Waals surface area contributed by atoms with E-state index in [4.69, 9.17) is 0 Å². The zero-order valence-corrected chi connectivity index (χ0v) is 37.6. The van der Waals surface area contributed by atoms with Gasteiger partial charge in [-0.25, -0.2) is 0 Å². The van der Waals surface area contributed by atoms with Crippen molar-refractivity contribution in [2.45, 2.75) is 214 Å². The van der Waals surface area contributed by atoms with Crippen LogP contribution in [0.4, 0.5) is 0 Å². The highest BCUT2D eigenvalue weighted by Crippen LogP contribution is 2.20. The zero-order chi connectivity index (χ0) is 41.6. The minimum absolute atomic E-state index is 0.255. The van der Waals surface area contributed by atoms with Crippen LogP contribution in [-0.4, -0.2) is 23.1 Å². The van der Waals surface area contributed by atoms with Crippen molar-refractivity contribution in [3.63, 3.8) is 0 Å². The molecule has 0 aliphatic heterocycles. The van der Waals surface area contributed by atoms with Crippen LogP contribution in [0.25, 0.3) is 0 Å². The topological polar surface area (TPSA) is 68.3 Å². The normalized spacial score (nSPS) is 10.6. The number of aryl methyl sites for hydroxylation is 4. The lowest BCUT2D eigenvalue weighted by atomic mass is 9.92. The van der Waals surface area contributed by atoms with Crippen molar-refractivity contribution in [2.75, 3.05) is 0 Å². The quantitative estimate of drug-likeness (QED) is 0.271. The van der Waals surface area contributed by atoms with Crippen LogP contribution in [0.15, 0.2) is 48.5 Å². The van der Waals surface area contributed by atoms with Gasteiger partial charge in [0.25, 0.3) is 0 Å². The van der Waals surface area contributed by atoms with Gasteiger partial charge in [0, 0.05) is 32.1 Å². The first-order chi connectivity index (χ1) is 25.1. The van der Waals surface area contributed by atoms with Crippen molar-refractivity contribution < 1.29 is 19.2 Å². The predicted octanol–water partition coefficient (Wildman–Crippen LogP) is 14.7. The highest BCUT2D eigenvalue weighted by Gasteiger charge is 2.07. The molecule has 2 aliphatic carbocycles. The molecule has 4 nitrogen and oxygen atoms in total. The van der Waals surface area contributed by atoms with E-state index in [0.29, 0.717) is 18.6 Å². The Morgan fingerprint density at radius 1 is 0.404 bits per heavy atom. The summed E-state index contributed by atoms with van der Waals surface area (Å²) < 4.78 is 0. The highest BCUT2D eigenvalue weighted by atomic mass is 16.1. The SMILES string of the molecule is CC.CC.CC.CC.CCC(C)=O.CCCC(=O)CC.CCCC(C)=O.CCCC(C)=O.c1ccc2c(c1)CCCC2.c1ccc2c(c1)CCCC2. The first-order valence-corrected chi connectivity index (χ1v) is 21.2. The Morgan fingerprint density at radius 3 is 0.750 bits per heavy atom. The molecule has 0 atom stereocenters. The van der Waals surface area contributed by atoms with Crippen LogP contribution in [-0.2, 0) is 44.9 Å². The van der Waals surface area contributed by atoms with Crippen molar-refractivity contribution in [1.82, 2.24) is 0 Å². The predicted molar refractivity (Wildman–Crippen MR) is 234 cm³/mol. The van der Waals surface area contributed by atoms with Gasteiger partial charge in [-0.15, -0.1) is 0 Å². The van der Waals surface area contributed by atoms with Gasteiger partial charge in [-0.3, -0.25) is 4.79 Å². The molecule has 0 N–H and O–H groups in total. The molecule has 2 aromatic rings. The third-order valence-corrected chi connectivity index (χ3v) is 7.15. The molecule has 0 spiro atoms. The number of ketones is 4. The molecular formula is C48H88O4. The molecule has 4 rings (SSSR count). The van der Waals surface area contributed by atoms with Gasteiger partial charge < -0.3 is 14.4 Å². The van der Waals surface area contributed by atoms with Gasteiger partial charge in [-0.05, 0) is 114 Å². The van der Waals surface area contributed by atoms with Crippen molar-refractivity contribution >= 4 is 23.1 Å². The smallest absolute Gasteiger partial charge is 0.132 e. The Balaban J connectivity index is -0.000000120. The lowest BCUT2D eigenvalue weighted by Gasteiger charge is -2.13. The summed E-state index contributed by atoms with van der Waals surface area (Å²) in [5.74, 6) is 1.21. The second-order valence-corrected chi connectivity index (χ2v) is 11.6. The van der Waals surface area contributed by atoms with Crippen LogP contribution in [0.1, 0.15) is 210 Å². The monoisotopic (exact) mass is 729 g/mol. The van der Waals surface area contributed by atoms with Crippen molar-refractivity contribution in [1.29, 1.82) is 0 Å². The maximum absolute atomic E-state index is 10.4. The Bertz CT molecular complexity index is 921. The molecule has 0 bridgehead atoms. The largest absolute Gasteiger partial charge is 0.300 e. The van der Waals surface area contributed by atoms with Crippen LogP contribution in [0.2, 0.25) is 0 Å². The maximum atomic E-state index is 10.4. The minimum atomic E-state index is 0.255. The molecule has 2 aromatic carbocycles. The van der Waals surface area contributed by atoms with Gasteiger partial charge in [0.1, 0.15) is 23.1 Å². The number of rotatable bonds is 8. The number of fused-ring (bicyclic) bond motifs is 2. The van der Waals surface area contributed by atoms with Gasteiger partial charge in [-0.1, -0.05) is 139 Å². The zero-order valence-electron chi connectivity index (χ0n) is 37.6. The van der Waals surface area contributed by atoms with Crippen LogP contribution in [0.5, 0.6) is 0 Å². The summed E-state index contributed by atoms with van der Waals surface area (Å²) in [6.07, 6.45) is 17.3. The standard InChI is InChI=1S/2C10H12.C6H12O.2C5H10O.C4H8O.4C2H6/c2*1-2-6-10-8-4-3-7-9(10)5-1;1-3-5-6(7)4-2;2*1-3-4-5(2)6;1-3-4(2)5;4*1-2/h2*1-2,5-6H,3-4,7-8H2;3-5H2,1-2H3;2*3-4H2,1-2H3;3H2,1-2H3;4*1-2H3. The van der Waals surface area contributed by atoms with Crippen LogP contribution in [0.3, 0.4) is 0 Å². The number of Topliss-reactive ketones (excluding diaryl/α,β-unsaturated/α-hetero) is 4. The molecule has 304 valence electrons. The average Bonchev–Trinajstić information content (AvgIpc) is 3.19. The van der Waals surface area contributed by atoms with Crippen LogP contribution >= 0.6 is 0 Å².